The van der Waals surface area contributed by atoms with Crippen LogP contribution in [0.15, 0.2) is 37.2 Å². The topological polar surface area (TPSA) is 118 Å². The van der Waals surface area contributed by atoms with Crippen molar-refractivity contribution in [2.75, 3.05) is 5.32 Å². The quantitative estimate of drug-likeness (QED) is 0.650. The lowest BCUT2D eigenvalue weighted by molar-refractivity contribution is 0.0196. The second kappa shape index (κ2) is 6.62. The fraction of sp³-hybridized carbons (Fsp3) is 0.368. The van der Waals surface area contributed by atoms with Gasteiger partial charge in [0.15, 0.2) is 0 Å². The Kier molecular flexibility index (Phi) is 4.27. The van der Waals surface area contributed by atoms with E-state index in [4.69, 9.17) is 5.73 Å². The van der Waals surface area contributed by atoms with Crippen molar-refractivity contribution in [3.8, 4) is 11.1 Å². The molecule has 4 N–H and O–H groups in total. The van der Waals surface area contributed by atoms with Crippen molar-refractivity contribution in [2.24, 2.45) is 5.73 Å². The number of rotatable bonds is 4. The maximum Gasteiger partial charge on any atom is 0.252 e. The van der Waals surface area contributed by atoms with E-state index in [9.17, 15) is 9.90 Å². The third-order valence-corrected chi connectivity index (χ3v) is 5.21. The predicted molar refractivity (Wildman–Crippen MR) is 101 cm³/mol. The molecule has 4 rings (SSSR count). The van der Waals surface area contributed by atoms with Gasteiger partial charge in [0.2, 0.25) is 0 Å². The van der Waals surface area contributed by atoms with Crippen molar-refractivity contribution in [2.45, 2.75) is 44.2 Å². The summed E-state index contributed by atoms with van der Waals surface area (Å²) >= 11 is 0. The molecule has 8 heteroatoms. The molecule has 3 aromatic rings. The van der Waals surface area contributed by atoms with Crippen molar-refractivity contribution in [3.63, 3.8) is 0 Å². The van der Waals surface area contributed by atoms with Crippen LogP contribution in [0, 0.1) is 0 Å². The highest BCUT2D eigenvalue weighted by atomic mass is 16.3. The van der Waals surface area contributed by atoms with Crippen LogP contribution in [0.5, 0.6) is 0 Å². The standard InChI is InChI=1S/C19H22N6O2/c1-19(27)4-2-14(3-5-19)24-17-15(18(20)26)9-23-25-10-12(6-16(17)25)13-7-21-11-22-8-13/h6-11,14,24,27H,2-5H2,1H3,(H2,20,26)/t14-,19-. The van der Waals surface area contributed by atoms with Crippen LogP contribution in [0.25, 0.3) is 16.6 Å². The monoisotopic (exact) mass is 366 g/mol. The molecular weight excluding hydrogens is 344 g/mol. The Labute approximate surface area is 156 Å². The van der Waals surface area contributed by atoms with Gasteiger partial charge in [-0.2, -0.15) is 5.10 Å². The van der Waals surface area contributed by atoms with Crippen LogP contribution < -0.4 is 11.1 Å². The Morgan fingerprint density at radius 2 is 1.96 bits per heavy atom. The highest BCUT2D eigenvalue weighted by Gasteiger charge is 2.29. The zero-order valence-corrected chi connectivity index (χ0v) is 15.1. The molecule has 1 fully saturated rings. The molecule has 0 radical (unpaired) electrons. The fourth-order valence-electron chi connectivity index (χ4n) is 3.59. The van der Waals surface area contributed by atoms with E-state index in [0.29, 0.717) is 24.1 Å². The molecule has 1 amide bonds. The number of aliphatic hydroxyl groups is 1. The molecule has 0 aliphatic heterocycles. The molecule has 3 aromatic heterocycles. The van der Waals surface area contributed by atoms with Crippen LogP contribution in [0.3, 0.4) is 0 Å². The number of anilines is 1. The SMILES string of the molecule is C[C@]1(O)CC[C@H](Nc2c(C(N)=O)cnn3cc(-c4cncnc4)cc23)CC1. The van der Waals surface area contributed by atoms with Crippen molar-refractivity contribution < 1.29 is 9.90 Å². The smallest absolute Gasteiger partial charge is 0.252 e. The minimum atomic E-state index is -0.617. The van der Waals surface area contributed by atoms with E-state index in [0.717, 1.165) is 29.5 Å². The van der Waals surface area contributed by atoms with Crippen molar-refractivity contribution in [1.82, 2.24) is 19.6 Å². The van der Waals surface area contributed by atoms with Crippen molar-refractivity contribution in [3.05, 3.63) is 42.7 Å². The van der Waals surface area contributed by atoms with Crippen LogP contribution in [-0.2, 0) is 0 Å². The number of fused-ring (bicyclic) bond motifs is 1. The summed E-state index contributed by atoms with van der Waals surface area (Å²) < 4.78 is 1.72. The highest BCUT2D eigenvalue weighted by Crippen LogP contribution is 2.33. The molecule has 1 aliphatic rings. The molecule has 140 valence electrons. The molecule has 0 spiro atoms. The molecule has 1 aliphatic carbocycles. The Morgan fingerprint density at radius 3 is 2.63 bits per heavy atom. The molecule has 3 heterocycles. The average molecular weight is 366 g/mol. The van der Waals surface area contributed by atoms with E-state index in [-0.39, 0.29) is 6.04 Å². The number of hydrogen-bond donors (Lipinski definition) is 3. The lowest BCUT2D eigenvalue weighted by atomic mass is 9.83. The van der Waals surface area contributed by atoms with Crippen LogP contribution in [0.2, 0.25) is 0 Å². The predicted octanol–water partition coefficient (Wildman–Crippen LogP) is 2.00. The van der Waals surface area contributed by atoms with E-state index in [1.54, 1.807) is 16.9 Å². The average Bonchev–Trinajstić information content (AvgIpc) is 3.09. The maximum absolute atomic E-state index is 12.0. The summed E-state index contributed by atoms with van der Waals surface area (Å²) in [5, 5.41) is 18.0. The summed E-state index contributed by atoms with van der Waals surface area (Å²) in [6.45, 7) is 1.87. The molecule has 0 aromatic carbocycles. The van der Waals surface area contributed by atoms with E-state index < -0.39 is 11.5 Å². The zero-order chi connectivity index (χ0) is 19.0. The molecule has 0 saturated heterocycles. The second-order valence-electron chi connectivity index (χ2n) is 7.40. The molecule has 0 atom stereocenters. The normalized spacial score (nSPS) is 22.7. The summed E-state index contributed by atoms with van der Waals surface area (Å²) in [5.41, 5.74) is 8.53. The van der Waals surface area contributed by atoms with E-state index in [2.05, 4.69) is 20.4 Å². The van der Waals surface area contributed by atoms with E-state index in [1.165, 1.54) is 12.5 Å². The second-order valence-corrected chi connectivity index (χ2v) is 7.40. The molecule has 0 bridgehead atoms. The van der Waals surface area contributed by atoms with Gasteiger partial charge in [-0.15, -0.1) is 0 Å². The van der Waals surface area contributed by atoms with Gasteiger partial charge in [-0.1, -0.05) is 0 Å². The summed E-state index contributed by atoms with van der Waals surface area (Å²) in [6, 6.07) is 2.10. The van der Waals surface area contributed by atoms with Crippen LogP contribution >= 0.6 is 0 Å². The first-order valence-electron chi connectivity index (χ1n) is 8.98. The van der Waals surface area contributed by atoms with Gasteiger partial charge in [0, 0.05) is 35.8 Å². The number of primary amides is 1. The first-order valence-corrected chi connectivity index (χ1v) is 8.98. The van der Waals surface area contributed by atoms with Crippen molar-refractivity contribution in [1.29, 1.82) is 0 Å². The number of hydrogen-bond acceptors (Lipinski definition) is 6. The number of nitrogens with one attached hydrogen (secondary N) is 1. The number of amides is 1. The minimum Gasteiger partial charge on any atom is -0.390 e. The highest BCUT2D eigenvalue weighted by molar-refractivity contribution is 6.02. The van der Waals surface area contributed by atoms with Crippen molar-refractivity contribution >= 4 is 17.1 Å². The number of nitrogens with zero attached hydrogens (tertiary/aromatic N) is 4. The van der Waals surface area contributed by atoms with Gasteiger partial charge in [-0.3, -0.25) is 4.79 Å². The lowest BCUT2D eigenvalue weighted by Gasteiger charge is -2.34. The Morgan fingerprint density at radius 1 is 1.26 bits per heavy atom. The number of carbonyl (C=O) groups excluding carboxylic acids is 1. The Hall–Kier alpha value is -3.00. The Bertz CT molecular complexity index is 973. The van der Waals surface area contributed by atoms with Gasteiger partial charge in [0.1, 0.15) is 6.33 Å². The lowest BCUT2D eigenvalue weighted by Crippen LogP contribution is -2.36. The van der Waals surface area contributed by atoms with Gasteiger partial charge in [-0.25, -0.2) is 14.5 Å². The first-order chi connectivity index (χ1) is 12.9. The van der Waals surface area contributed by atoms with E-state index >= 15 is 0 Å². The zero-order valence-electron chi connectivity index (χ0n) is 15.1. The fourth-order valence-corrected chi connectivity index (χ4v) is 3.59. The maximum atomic E-state index is 12.0. The number of carbonyl (C=O) groups is 1. The third kappa shape index (κ3) is 3.48. The largest absolute Gasteiger partial charge is 0.390 e. The molecule has 1 saturated carbocycles. The van der Waals surface area contributed by atoms with Crippen LogP contribution in [0.4, 0.5) is 5.69 Å². The summed E-state index contributed by atoms with van der Waals surface area (Å²) in [4.78, 5) is 20.1. The number of aromatic nitrogens is 4. The first kappa shape index (κ1) is 17.4. The number of nitrogens with two attached hydrogens (primary N) is 1. The van der Waals surface area contributed by atoms with Gasteiger partial charge in [-0.05, 0) is 38.7 Å². The molecular formula is C19H22N6O2. The summed E-state index contributed by atoms with van der Waals surface area (Å²) in [5.74, 6) is -0.527. The minimum absolute atomic E-state index is 0.160. The summed E-state index contributed by atoms with van der Waals surface area (Å²) in [7, 11) is 0. The molecule has 27 heavy (non-hydrogen) atoms. The molecule has 8 nitrogen and oxygen atoms in total. The van der Waals surface area contributed by atoms with Gasteiger partial charge in [0.05, 0.1) is 28.6 Å². The van der Waals surface area contributed by atoms with Gasteiger partial charge in [0.25, 0.3) is 5.91 Å². The van der Waals surface area contributed by atoms with Gasteiger partial charge >= 0.3 is 0 Å². The van der Waals surface area contributed by atoms with Gasteiger partial charge < -0.3 is 16.2 Å². The third-order valence-electron chi connectivity index (χ3n) is 5.21. The van der Waals surface area contributed by atoms with Crippen LogP contribution in [0.1, 0.15) is 43.0 Å². The Balaban J connectivity index is 1.73. The van der Waals surface area contributed by atoms with E-state index in [1.807, 2.05) is 19.2 Å². The molecule has 0 unspecified atom stereocenters. The summed E-state index contributed by atoms with van der Waals surface area (Å²) in [6.07, 6.45) is 11.4. The van der Waals surface area contributed by atoms with Crippen LogP contribution in [-0.4, -0.2) is 42.2 Å².